The van der Waals surface area contributed by atoms with Gasteiger partial charge in [0.25, 0.3) is 0 Å². The Morgan fingerprint density at radius 3 is 2.39 bits per heavy atom. The first-order valence-electron chi connectivity index (χ1n) is 10.7. The first-order valence-corrected chi connectivity index (χ1v) is 10.7. The molecule has 3 atom stereocenters. The van der Waals surface area contributed by atoms with Gasteiger partial charge in [-0.1, -0.05) is 12.1 Å². The third-order valence-electron chi connectivity index (χ3n) is 7.66. The molecule has 5 heteroatoms. The molecule has 0 radical (unpaired) electrons. The zero-order valence-corrected chi connectivity index (χ0v) is 17.6. The molecule has 0 N–H and O–H groups in total. The van der Waals surface area contributed by atoms with E-state index in [1.54, 1.807) is 7.11 Å². The molecule has 0 unspecified atom stereocenters. The molecule has 150 valence electrons. The van der Waals surface area contributed by atoms with Gasteiger partial charge in [0.05, 0.1) is 12.8 Å². The second kappa shape index (κ2) is 6.89. The monoisotopic (exact) mass is 380 g/mol. The van der Waals surface area contributed by atoms with Gasteiger partial charge in [0.15, 0.2) is 0 Å². The van der Waals surface area contributed by atoms with Crippen molar-refractivity contribution in [3.63, 3.8) is 0 Å². The number of hydrogen-bond acceptors (Lipinski definition) is 4. The van der Waals surface area contributed by atoms with Crippen LogP contribution in [-0.4, -0.2) is 58.4 Å². The lowest BCUT2D eigenvalue weighted by Gasteiger charge is -2.51. The highest BCUT2D eigenvalue weighted by atomic mass is 16.5. The highest BCUT2D eigenvalue weighted by Crippen LogP contribution is 2.47. The van der Waals surface area contributed by atoms with Gasteiger partial charge in [-0.15, -0.1) is 0 Å². The fraction of sp³-hybridized carbons (Fsp3) is 0.609. The third-order valence-corrected chi connectivity index (χ3v) is 7.66. The molecule has 0 saturated carbocycles. The van der Waals surface area contributed by atoms with Crippen LogP contribution < -0.4 is 4.74 Å². The van der Waals surface area contributed by atoms with E-state index >= 15 is 0 Å². The maximum absolute atomic E-state index is 5.39. The maximum atomic E-state index is 5.39. The van der Waals surface area contributed by atoms with E-state index in [1.807, 2.05) is 4.68 Å². The number of likely N-dealkylation sites (tertiary alicyclic amines) is 1. The molecule has 2 bridgehead atoms. The third kappa shape index (κ3) is 2.79. The summed E-state index contributed by atoms with van der Waals surface area (Å²) in [4.78, 5) is 5.56. The number of benzene rings is 1. The Morgan fingerprint density at radius 2 is 1.79 bits per heavy atom. The molecule has 0 aliphatic carbocycles. The maximum Gasteiger partial charge on any atom is 0.118 e. The van der Waals surface area contributed by atoms with Crippen LogP contribution in [0.3, 0.4) is 0 Å². The van der Waals surface area contributed by atoms with Gasteiger partial charge < -0.3 is 4.74 Å². The van der Waals surface area contributed by atoms with E-state index in [0.29, 0.717) is 18.0 Å². The smallest absolute Gasteiger partial charge is 0.118 e. The predicted molar refractivity (Wildman–Crippen MR) is 111 cm³/mol. The summed E-state index contributed by atoms with van der Waals surface area (Å²) in [7, 11) is 3.81. The minimum atomic E-state index is 0.580. The number of methoxy groups -OCH3 is 1. The van der Waals surface area contributed by atoms with E-state index < -0.39 is 0 Å². The summed E-state index contributed by atoms with van der Waals surface area (Å²) in [6, 6.07) is 10.1. The lowest BCUT2D eigenvalue weighted by molar-refractivity contribution is -0.00878. The van der Waals surface area contributed by atoms with Crippen molar-refractivity contribution in [3.05, 3.63) is 46.8 Å². The molecule has 28 heavy (non-hydrogen) atoms. The molecule has 1 aromatic carbocycles. The quantitative estimate of drug-likeness (QED) is 0.816. The Bertz CT molecular complexity index is 850. The topological polar surface area (TPSA) is 33.5 Å². The highest BCUT2D eigenvalue weighted by Gasteiger charge is 2.53. The van der Waals surface area contributed by atoms with E-state index in [0.717, 1.165) is 24.8 Å². The molecule has 6 rings (SSSR count). The van der Waals surface area contributed by atoms with E-state index in [4.69, 9.17) is 4.74 Å². The van der Waals surface area contributed by atoms with Crippen molar-refractivity contribution in [2.45, 2.75) is 51.2 Å². The van der Waals surface area contributed by atoms with Gasteiger partial charge in [0, 0.05) is 49.4 Å². The summed E-state index contributed by atoms with van der Waals surface area (Å²) in [6.45, 7) is 9.09. The summed E-state index contributed by atoms with van der Waals surface area (Å²) in [5.41, 5.74) is 5.38. The van der Waals surface area contributed by atoms with Crippen LogP contribution in [0.4, 0.5) is 0 Å². The van der Waals surface area contributed by atoms with Crippen LogP contribution in [0.15, 0.2) is 24.3 Å². The Kier molecular flexibility index (Phi) is 4.48. The van der Waals surface area contributed by atoms with Gasteiger partial charge in [-0.3, -0.25) is 14.5 Å². The zero-order chi connectivity index (χ0) is 19.4. The van der Waals surface area contributed by atoms with Crippen LogP contribution in [0, 0.1) is 19.8 Å². The highest BCUT2D eigenvalue weighted by molar-refractivity contribution is 5.33. The van der Waals surface area contributed by atoms with Crippen molar-refractivity contribution < 1.29 is 4.74 Å². The van der Waals surface area contributed by atoms with Gasteiger partial charge in [0.2, 0.25) is 0 Å². The van der Waals surface area contributed by atoms with Crippen molar-refractivity contribution in [1.82, 2.24) is 19.6 Å². The fourth-order valence-electron chi connectivity index (χ4n) is 6.12. The lowest BCUT2D eigenvalue weighted by atomic mass is 9.75. The van der Waals surface area contributed by atoms with Crippen molar-refractivity contribution in [1.29, 1.82) is 0 Å². The molecule has 4 saturated heterocycles. The van der Waals surface area contributed by atoms with Crippen LogP contribution in [0.2, 0.25) is 0 Å². The van der Waals surface area contributed by atoms with Gasteiger partial charge >= 0.3 is 0 Å². The van der Waals surface area contributed by atoms with E-state index in [-0.39, 0.29) is 0 Å². The predicted octanol–water partition coefficient (Wildman–Crippen LogP) is 3.11. The molecule has 4 aliphatic rings. The Morgan fingerprint density at radius 1 is 1.07 bits per heavy atom. The normalized spacial score (nSPS) is 31.9. The van der Waals surface area contributed by atoms with Crippen LogP contribution in [-0.2, 0) is 13.6 Å². The van der Waals surface area contributed by atoms with Crippen molar-refractivity contribution in [2.24, 2.45) is 13.0 Å². The summed E-state index contributed by atoms with van der Waals surface area (Å²) in [5.74, 6) is 2.37. The summed E-state index contributed by atoms with van der Waals surface area (Å²) in [6.07, 6.45) is 2.72. The number of aryl methyl sites for hydroxylation is 2. The molecule has 4 fully saturated rings. The van der Waals surface area contributed by atoms with Crippen LogP contribution in [0.5, 0.6) is 5.75 Å². The first kappa shape index (κ1) is 18.2. The molecule has 0 spiro atoms. The average Bonchev–Trinajstić information content (AvgIpc) is 3.24. The molecule has 5 heterocycles. The average molecular weight is 381 g/mol. The minimum Gasteiger partial charge on any atom is -0.497 e. The van der Waals surface area contributed by atoms with Crippen LogP contribution in [0.25, 0.3) is 0 Å². The molecule has 0 amide bonds. The number of nitrogens with zero attached hydrogens (tertiary/aromatic N) is 4. The number of fused-ring (bicyclic) bond motifs is 2. The number of aromatic nitrogens is 2. The fourth-order valence-corrected chi connectivity index (χ4v) is 6.12. The standard InChI is InChI=1S/C23H32N4O/c1-15-20(16(2)25(3)24-15)13-27-14-21(17-5-7-19(28-4)8-6-17)23-22(27)18-9-11-26(23)12-10-18/h5-8,18,21-23H,9-14H2,1-4H3/t21-,22+,23+/m1/s1. The van der Waals surface area contributed by atoms with Crippen LogP contribution in [0.1, 0.15) is 41.3 Å². The number of ether oxygens (including phenoxy) is 1. The Labute approximate surface area is 168 Å². The summed E-state index contributed by atoms with van der Waals surface area (Å²) in [5, 5.41) is 4.67. The summed E-state index contributed by atoms with van der Waals surface area (Å²) >= 11 is 0. The zero-order valence-electron chi connectivity index (χ0n) is 17.6. The number of piperidine rings is 3. The minimum absolute atomic E-state index is 0.580. The Hall–Kier alpha value is -1.85. The van der Waals surface area contributed by atoms with Crippen molar-refractivity contribution in [3.8, 4) is 5.75 Å². The molecular formula is C23H32N4O. The largest absolute Gasteiger partial charge is 0.497 e. The first-order chi connectivity index (χ1) is 13.6. The Balaban J connectivity index is 1.48. The van der Waals surface area contributed by atoms with Gasteiger partial charge in [0.1, 0.15) is 5.75 Å². The number of hydrogen-bond donors (Lipinski definition) is 0. The van der Waals surface area contributed by atoms with Gasteiger partial charge in [-0.2, -0.15) is 5.10 Å². The number of rotatable bonds is 4. The van der Waals surface area contributed by atoms with E-state index in [2.05, 4.69) is 60.1 Å². The van der Waals surface area contributed by atoms with Gasteiger partial charge in [-0.05, 0) is 63.4 Å². The van der Waals surface area contributed by atoms with Crippen molar-refractivity contribution in [2.75, 3.05) is 26.7 Å². The molecule has 4 aliphatic heterocycles. The van der Waals surface area contributed by atoms with Gasteiger partial charge in [-0.25, -0.2) is 0 Å². The molecule has 5 nitrogen and oxygen atoms in total. The van der Waals surface area contributed by atoms with Crippen molar-refractivity contribution >= 4 is 0 Å². The molecule has 1 aromatic heterocycles. The second-order valence-electron chi connectivity index (χ2n) is 8.94. The van der Waals surface area contributed by atoms with Crippen LogP contribution >= 0.6 is 0 Å². The lowest BCUT2D eigenvalue weighted by Crippen LogP contribution is -2.60. The second-order valence-corrected chi connectivity index (χ2v) is 8.94. The summed E-state index contributed by atoms with van der Waals surface area (Å²) < 4.78 is 7.42. The molecular weight excluding hydrogens is 348 g/mol. The SMILES string of the molecule is COc1ccc([C@H]2CN(Cc3c(C)nn(C)c3C)[C@H]3C4CCN(CC4)[C@@H]23)cc1. The van der Waals surface area contributed by atoms with E-state index in [1.165, 1.54) is 48.4 Å². The molecule has 2 aromatic rings. The van der Waals surface area contributed by atoms with E-state index in [9.17, 15) is 0 Å².